The number of aryl methyl sites for hydroxylation is 3. The predicted octanol–water partition coefficient (Wildman–Crippen LogP) is 3.52. The number of nitrogens with zero attached hydrogens (tertiary/aromatic N) is 2. The van der Waals surface area contributed by atoms with Crippen molar-refractivity contribution in [1.29, 1.82) is 0 Å². The SMILES string of the molecule is Cc1ccccc1NC(=O)c1c[nH]c2c1-c1ncncc1CCC2. The monoisotopic (exact) mass is 318 g/mol. The molecule has 0 atom stereocenters. The standard InChI is InChI=1S/C19H18N4O/c1-12-5-2-3-7-15(12)23-19(24)14-10-21-16-8-4-6-13-9-20-11-22-18(13)17(14)16/h2-3,5,7,9-11,21H,4,6,8H2,1H3,(H,23,24). The first kappa shape index (κ1) is 14.6. The molecule has 1 aromatic carbocycles. The molecule has 0 bridgehead atoms. The molecule has 4 rings (SSSR count). The second-order valence-corrected chi connectivity index (χ2v) is 6.08. The van der Waals surface area contributed by atoms with Crippen molar-refractivity contribution in [2.24, 2.45) is 0 Å². The van der Waals surface area contributed by atoms with Crippen LogP contribution in [-0.4, -0.2) is 20.9 Å². The second-order valence-electron chi connectivity index (χ2n) is 6.08. The van der Waals surface area contributed by atoms with Crippen LogP contribution in [0.1, 0.15) is 33.6 Å². The number of aromatic amines is 1. The topological polar surface area (TPSA) is 70.7 Å². The first-order valence-electron chi connectivity index (χ1n) is 8.10. The number of para-hydroxylation sites is 1. The number of benzene rings is 1. The number of hydrogen-bond donors (Lipinski definition) is 2. The largest absolute Gasteiger partial charge is 0.364 e. The van der Waals surface area contributed by atoms with E-state index in [-0.39, 0.29) is 5.91 Å². The van der Waals surface area contributed by atoms with Gasteiger partial charge in [0.05, 0.1) is 11.3 Å². The van der Waals surface area contributed by atoms with Crippen LogP contribution in [0.25, 0.3) is 11.3 Å². The van der Waals surface area contributed by atoms with Crippen LogP contribution in [0.4, 0.5) is 5.69 Å². The lowest BCUT2D eigenvalue weighted by atomic mass is 10.0. The van der Waals surface area contributed by atoms with Gasteiger partial charge < -0.3 is 10.3 Å². The van der Waals surface area contributed by atoms with Gasteiger partial charge in [0.2, 0.25) is 0 Å². The highest BCUT2D eigenvalue weighted by molar-refractivity contribution is 6.09. The van der Waals surface area contributed by atoms with Crippen LogP contribution in [0, 0.1) is 6.92 Å². The molecule has 3 aromatic rings. The number of carbonyl (C=O) groups excluding carboxylic acids is 1. The summed E-state index contributed by atoms with van der Waals surface area (Å²) in [7, 11) is 0. The smallest absolute Gasteiger partial charge is 0.257 e. The lowest BCUT2D eigenvalue weighted by molar-refractivity contribution is 0.102. The molecule has 24 heavy (non-hydrogen) atoms. The van der Waals surface area contributed by atoms with Gasteiger partial charge >= 0.3 is 0 Å². The lowest BCUT2D eigenvalue weighted by Crippen LogP contribution is -2.13. The molecule has 5 heteroatoms. The molecule has 0 saturated carbocycles. The molecule has 120 valence electrons. The first-order chi connectivity index (χ1) is 11.7. The molecule has 0 spiro atoms. The Morgan fingerprint density at radius 1 is 1.25 bits per heavy atom. The highest BCUT2D eigenvalue weighted by Gasteiger charge is 2.24. The van der Waals surface area contributed by atoms with E-state index in [2.05, 4.69) is 20.3 Å². The van der Waals surface area contributed by atoms with Crippen molar-refractivity contribution < 1.29 is 4.79 Å². The summed E-state index contributed by atoms with van der Waals surface area (Å²) in [6, 6.07) is 7.77. The molecular weight excluding hydrogens is 300 g/mol. The summed E-state index contributed by atoms with van der Waals surface area (Å²) < 4.78 is 0. The van der Waals surface area contributed by atoms with Gasteiger partial charge in [-0.05, 0) is 43.4 Å². The Morgan fingerprint density at radius 2 is 2.12 bits per heavy atom. The van der Waals surface area contributed by atoms with Gasteiger partial charge in [0, 0.05) is 29.3 Å². The van der Waals surface area contributed by atoms with Gasteiger partial charge in [-0.1, -0.05) is 18.2 Å². The number of fused-ring (bicyclic) bond motifs is 3. The summed E-state index contributed by atoms with van der Waals surface area (Å²) in [6.45, 7) is 1.98. The molecule has 0 radical (unpaired) electrons. The minimum absolute atomic E-state index is 0.117. The van der Waals surface area contributed by atoms with E-state index in [0.29, 0.717) is 5.56 Å². The van der Waals surface area contributed by atoms with Gasteiger partial charge in [0.15, 0.2) is 0 Å². The van der Waals surface area contributed by atoms with Crippen molar-refractivity contribution in [3.8, 4) is 11.3 Å². The summed E-state index contributed by atoms with van der Waals surface area (Å²) in [6.07, 6.45) is 8.04. The van der Waals surface area contributed by atoms with Crippen LogP contribution in [0.2, 0.25) is 0 Å². The second kappa shape index (κ2) is 5.92. The highest BCUT2D eigenvalue weighted by atomic mass is 16.1. The Bertz CT molecular complexity index is 913. The van der Waals surface area contributed by atoms with E-state index in [9.17, 15) is 4.79 Å². The maximum Gasteiger partial charge on any atom is 0.257 e. The number of hydrogen-bond acceptors (Lipinski definition) is 3. The highest BCUT2D eigenvalue weighted by Crippen LogP contribution is 2.33. The van der Waals surface area contributed by atoms with E-state index in [4.69, 9.17) is 0 Å². The molecule has 1 aliphatic rings. The van der Waals surface area contributed by atoms with Crippen LogP contribution in [0.5, 0.6) is 0 Å². The van der Waals surface area contributed by atoms with E-state index in [1.807, 2.05) is 37.4 Å². The number of amides is 1. The van der Waals surface area contributed by atoms with Crippen molar-refractivity contribution in [2.75, 3.05) is 5.32 Å². The van der Waals surface area contributed by atoms with Crippen LogP contribution >= 0.6 is 0 Å². The van der Waals surface area contributed by atoms with Crippen molar-refractivity contribution in [3.63, 3.8) is 0 Å². The quantitative estimate of drug-likeness (QED) is 0.759. The Kier molecular flexibility index (Phi) is 3.61. The third kappa shape index (κ3) is 2.48. The number of carbonyl (C=O) groups is 1. The zero-order valence-corrected chi connectivity index (χ0v) is 13.5. The molecule has 2 N–H and O–H groups in total. The number of aromatic nitrogens is 3. The van der Waals surface area contributed by atoms with Gasteiger partial charge in [-0.2, -0.15) is 0 Å². The molecule has 2 aromatic heterocycles. The van der Waals surface area contributed by atoms with Crippen LogP contribution < -0.4 is 5.32 Å². The Labute approximate surface area is 140 Å². The molecular formula is C19H18N4O. The summed E-state index contributed by atoms with van der Waals surface area (Å²) in [5.74, 6) is -0.117. The summed E-state index contributed by atoms with van der Waals surface area (Å²) in [5.41, 5.74) is 6.45. The molecule has 0 fully saturated rings. The maximum atomic E-state index is 12.8. The Morgan fingerprint density at radius 3 is 3.00 bits per heavy atom. The van der Waals surface area contributed by atoms with E-state index in [1.54, 1.807) is 12.5 Å². The number of nitrogens with one attached hydrogen (secondary N) is 2. The van der Waals surface area contributed by atoms with Gasteiger partial charge in [-0.25, -0.2) is 9.97 Å². The average Bonchev–Trinajstić information content (AvgIpc) is 2.93. The number of H-pyrrole nitrogens is 1. The Hall–Kier alpha value is -2.95. The minimum Gasteiger partial charge on any atom is -0.364 e. The lowest BCUT2D eigenvalue weighted by Gasteiger charge is -2.10. The van der Waals surface area contributed by atoms with Crippen LogP contribution in [-0.2, 0) is 12.8 Å². The molecule has 2 heterocycles. The summed E-state index contributed by atoms with van der Waals surface area (Å²) in [4.78, 5) is 24.7. The van der Waals surface area contributed by atoms with Crippen LogP contribution in [0.3, 0.4) is 0 Å². The average molecular weight is 318 g/mol. The van der Waals surface area contributed by atoms with E-state index >= 15 is 0 Å². The fraction of sp³-hybridized carbons (Fsp3) is 0.211. The van der Waals surface area contributed by atoms with Gasteiger partial charge in [0.25, 0.3) is 5.91 Å². The van der Waals surface area contributed by atoms with Crippen molar-refractivity contribution in [1.82, 2.24) is 15.0 Å². The Balaban J connectivity index is 1.76. The molecule has 0 unspecified atom stereocenters. The van der Waals surface area contributed by atoms with Gasteiger partial charge in [0.1, 0.15) is 6.33 Å². The number of rotatable bonds is 2. The van der Waals surface area contributed by atoms with E-state index < -0.39 is 0 Å². The zero-order chi connectivity index (χ0) is 16.5. The number of anilines is 1. The van der Waals surface area contributed by atoms with E-state index in [0.717, 1.165) is 53.0 Å². The maximum absolute atomic E-state index is 12.8. The predicted molar refractivity (Wildman–Crippen MR) is 93.0 cm³/mol. The fourth-order valence-corrected chi connectivity index (χ4v) is 3.24. The molecule has 0 aliphatic heterocycles. The third-order valence-corrected chi connectivity index (χ3v) is 4.50. The molecule has 1 aliphatic carbocycles. The fourth-order valence-electron chi connectivity index (χ4n) is 3.24. The summed E-state index contributed by atoms with van der Waals surface area (Å²) >= 11 is 0. The van der Waals surface area contributed by atoms with Crippen molar-refractivity contribution in [3.05, 3.63) is 65.4 Å². The molecule has 5 nitrogen and oxygen atoms in total. The summed E-state index contributed by atoms with van der Waals surface area (Å²) in [5, 5.41) is 3.01. The van der Waals surface area contributed by atoms with Crippen molar-refractivity contribution >= 4 is 11.6 Å². The van der Waals surface area contributed by atoms with E-state index in [1.165, 1.54) is 0 Å². The normalized spacial score (nSPS) is 12.9. The van der Waals surface area contributed by atoms with Crippen molar-refractivity contribution in [2.45, 2.75) is 26.2 Å². The molecule has 0 saturated heterocycles. The zero-order valence-electron chi connectivity index (χ0n) is 13.5. The minimum atomic E-state index is -0.117. The van der Waals surface area contributed by atoms with Crippen LogP contribution in [0.15, 0.2) is 43.0 Å². The first-order valence-corrected chi connectivity index (χ1v) is 8.10. The third-order valence-electron chi connectivity index (χ3n) is 4.50. The molecule has 1 amide bonds. The van der Waals surface area contributed by atoms with Gasteiger partial charge in [-0.15, -0.1) is 0 Å². The van der Waals surface area contributed by atoms with Gasteiger partial charge in [-0.3, -0.25) is 4.79 Å².